The van der Waals surface area contributed by atoms with Crippen molar-refractivity contribution in [1.29, 1.82) is 0 Å². The molecule has 3 fully saturated rings. The lowest BCUT2D eigenvalue weighted by Crippen LogP contribution is -2.63. The molecule has 20 heavy (non-hydrogen) atoms. The molecule has 3 heterocycles. The van der Waals surface area contributed by atoms with Crippen LogP contribution >= 0.6 is 0 Å². The molecule has 3 aliphatic rings. The molecular weight excluding hydrogens is 294 g/mol. The number of primary amides is 1. The Hall–Kier alpha value is -1.43. The second-order valence-electron chi connectivity index (χ2n) is 5.26. The summed E-state index contributed by atoms with van der Waals surface area (Å²) >= 11 is 0. The number of hydroxylamine groups is 2. The van der Waals surface area contributed by atoms with E-state index in [-0.39, 0.29) is 26.2 Å². The number of amides is 3. The van der Waals surface area contributed by atoms with Crippen LogP contribution in [0.3, 0.4) is 0 Å². The van der Waals surface area contributed by atoms with Crippen LogP contribution in [0, 0.1) is 5.41 Å². The molecule has 10 nitrogen and oxygen atoms in total. The number of fused-ring (bicyclic) bond motifs is 3. The van der Waals surface area contributed by atoms with Gasteiger partial charge in [0.05, 0.1) is 19.3 Å². The minimum absolute atomic E-state index is 0.103. The molecule has 3 rings (SSSR count). The van der Waals surface area contributed by atoms with Crippen LogP contribution < -0.4 is 5.73 Å². The van der Waals surface area contributed by atoms with Crippen molar-refractivity contribution in [1.82, 2.24) is 9.96 Å². The Morgan fingerprint density at radius 1 is 1.50 bits per heavy atom. The van der Waals surface area contributed by atoms with Gasteiger partial charge in [-0.3, -0.25) is 9.35 Å². The Morgan fingerprint density at radius 2 is 2.15 bits per heavy atom. The smallest absolute Gasteiger partial charge is 0.380 e. The number of hydrogen-bond acceptors (Lipinski definition) is 6. The van der Waals surface area contributed by atoms with Crippen LogP contribution in [0.5, 0.6) is 0 Å². The third kappa shape index (κ3) is 1.85. The second-order valence-corrected chi connectivity index (χ2v) is 6.26. The summed E-state index contributed by atoms with van der Waals surface area (Å²) < 4.78 is 39.9. The van der Waals surface area contributed by atoms with E-state index in [0.29, 0.717) is 5.06 Å². The zero-order valence-corrected chi connectivity index (χ0v) is 11.1. The normalized spacial score (nSPS) is 31.6. The van der Waals surface area contributed by atoms with E-state index in [1.54, 1.807) is 0 Å². The molecule has 0 aliphatic carbocycles. The maximum atomic E-state index is 12.1. The first-order valence-corrected chi connectivity index (χ1v) is 7.24. The first-order valence-electron chi connectivity index (χ1n) is 5.87. The molecule has 2 bridgehead atoms. The predicted octanol–water partition coefficient (Wildman–Crippen LogP) is -1.90. The first-order chi connectivity index (χ1) is 9.23. The average molecular weight is 307 g/mol. The standard InChI is InChI=1S/C9H13N3O7S/c10-7(13)5-1-9(3-18-4-9)6-2-11(5)8(14)12(6)19-20(15,16)17/h5-6H,1-4H2,(H2,10,13)(H,15,16,17)/t5-,6-/m0/s1. The van der Waals surface area contributed by atoms with Crippen LogP contribution in [0.1, 0.15) is 6.42 Å². The summed E-state index contributed by atoms with van der Waals surface area (Å²) in [5, 5.41) is 0.598. The van der Waals surface area contributed by atoms with Gasteiger partial charge in [0.1, 0.15) is 6.04 Å². The highest BCUT2D eigenvalue weighted by Crippen LogP contribution is 2.47. The zero-order chi connectivity index (χ0) is 14.7. The molecule has 112 valence electrons. The van der Waals surface area contributed by atoms with Gasteiger partial charge in [-0.25, -0.2) is 4.79 Å². The van der Waals surface area contributed by atoms with Crippen molar-refractivity contribution >= 4 is 22.3 Å². The monoisotopic (exact) mass is 307 g/mol. The molecule has 11 heteroatoms. The van der Waals surface area contributed by atoms with Crippen LogP contribution in [0.15, 0.2) is 0 Å². The van der Waals surface area contributed by atoms with Crippen molar-refractivity contribution in [3.05, 3.63) is 0 Å². The van der Waals surface area contributed by atoms with Crippen LogP contribution in [-0.2, 0) is 24.2 Å². The highest BCUT2D eigenvalue weighted by molar-refractivity contribution is 7.80. The number of hydrogen-bond donors (Lipinski definition) is 2. The highest BCUT2D eigenvalue weighted by atomic mass is 32.3. The summed E-state index contributed by atoms with van der Waals surface area (Å²) in [4.78, 5) is 24.7. The van der Waals surface area contributed by atoms with Crippen LogP contribution in [0.2, 0.25) is 0 Å². The maximum absolute atomic E-state index is 12.1. The predicted molar refractivity (Wildman–Crippen MR) is 61.2 cm³/mol. The molecule has 3 aliphatic heterocycles. The van der Waals surface area contributed by atoms with E-state index in [1.807, 2.05) is 0 Å². The lowest BCUT2D eigenvalue weighted by atomic mass is 9.71. The molecule has 3 saturated heterocycles. The number of rotatable bonds is 3. The molecule has 3 amide bonds. The van der Waals surface area contributed by atoms with Gasteiger partial charge >= 0.3 is 16.4 Å². The number of nitrogens with two attached hydrogens (primary N) is 1. The fourth-order valence-electron chi connectivity index (χ4n) is 3.05. The average Bonchev–Trinajstić information content (AvgIpc) is 2.53. The van der Waals surface area contributed by atoms with Crippen LogP contribution in [0.25, 0.3) is 0 Å². The minimum Gasteiger partial charge on any atom is -0.380 e. The van der Waals surface area contributed by atoms with Crippen LogP contribution in [-0.4, -0.2) is 66.7 Å². The fourth-order valence-corrected chi connectivity index (χ4v) is 3.42. The number of piperidine rings is 1. The van der Waals surface area contributed by atoms with Gasteiger partial charge in [-0.15, -0.1) is 4.28 Å². The summed E-state index contributed by atoms with van der Waals surface area (Å²) in [6.45, 7) is 0.646. The third-order valence-corrected chi connectivity index (χ3v) is 4.40. The Bertz CT molecular complexity index is 572. The van der Waals surface area contributed by atoms with Gasteiger partial charge in [0, 0.05) is 12.0 Å². The number of carbonyl (C=O) groups is 2. The van der Waals surface area contributed by atoms with Gasteiger partial charge in [-0.05, 0) is 6.42 Å². The third-order valence-electron chi connectivity index (χ3n) is 4.05. The fraction of sp³-hybridized carbons (Fsp3) is 0.778. The molecule has 0 aromatic heterocycles. The molecule has 2 atom stereocenters. The SMILES string of the molecule is NC(=O)[C@@H]1CC2(COC2)[C@@H]2CN1C(=O)N2OS(=O)(=O)O. The Labute approximate surface area is 114 Å². The molecule has 0 aromatic rings. The molecule has 1 spiro atoms. The summed E-state index contributed by atoms with van der Waals surface area (Å²) in [5.74, 6) is -0.670. The van der Waals surface area contributed by atoms with E-state index >= 15 is 0 Å². The van der Waals surface area contributed by atoms with Gasteiger partial charge in [-0.2, -0.15) is 13.5 Å². The van der Waals surface area contributed by atoms with Crippen molar-refractivity contribution in [2.75, 3.05) is 19.8 Å². The van der Waals surface area contributed by atoms with Gasteiger partial charge in [-0.1, -0.05) is 0 Å². The molecule has 0 aromatic carbocycles. The lowest BCUT2D eigenvalue weighted by molar-refractivity contribution is -0.192. The van der Waals surface area contributed by atoms with Gasteiger partial charge < -0.3 is 15.4 Å². The molecule has 3 N–H and O–H groups in total. The van der Waals surface area contributed by atoms with E-state index in [1.165, 1.54) is 0 Å². The lowest BCUT2D eigenvalue weighted by Gasteiger charge is -2.50. The van der Waals surface area contributed by atoms with E-state index in [0.717, 1.165) is 4.90 Å². The Morgan fingerprint density at radius 3 is 2.60 bits per heavy atom. The maximum Gasteiger partial charge on any atom is 0.418 e. The minimum atomic E-state index is -4.83. The topological polar surface area (TPSA) is 139 Å². The Balaban J connectivity index is 1.96. The van der Waals surface area contributed by atoms with Gasteiger partial charge in [0.25, 0.3) is 0 Å². The van der Waals surface area contributed by atoms with E-state index in [2.05, 4.69) is 4.28 Å². The number of ether oxygens (including phenoxy) is 1. The van der Waals surface area contributed by atoms with Crippen molar-refractivity contribution in [3.63, 3.8) is 0 Å². The zero-order valence-electron chi connectivity index (χ0n) is 10.3. The molecule has 0 unspecified atom stereocenters. The summed E-state index contributed by atoms with van der Waals surface area (Å²) in [7, 11) is -4.83. The van der Waals surface area contributed by atoms with Crippen molar-refractivity contribution in [3.8, 4) is 0 Å². The summed E-state index contributed by atoms with van der Waals surface area (Å²) in [6, 6.07) is -2.25. The van der Waals surface area contributed by atoms with Gasteiger partial charge in [0.2, 0.25) is 5.91 Å². The largest absolute Gasteiger partial charge is 0.418 e. The molecular formula is C9H13N3O7S. The van der Waals surface area contributed by atoms with Crippen LogP contribution in [0.4, 0.5) is 4.79 Å². The van der Waals surface area contributed by atoms with E-state index in [9.17, 15) is 18.0 Å². The van der Waals surface area contributed by atoms with Crippen molar-refractivity contribution in [2.45, 2.75) is 18.5 Å². The summed E-state index contributed by atoms with van der Waals surface area (Å²) in [6.07, 6.45) is 0.282. The summed E-state index contributed by atoms with van der Waals surface area (Å²) in [5.41, 5.74) is 4.71. The highest BCUT2D eigenvalue weighted by Gasteiger charge is 2.62. The molecule has 0 saturated carbocycles. The first kappa shape index (κ1) is 13.5. The quantitative estimate of drug-likeness (QED) is 0.580. The number of nitrogens with zero attached hydrogens (tertiary/aromatic N) is 2. The number of carbonyl (C=O) groups excluding carboxylic acids is 2. The van der Waals surface area contributed by atoms with Crippen molar-refractivity contribution in [2.24, 2.45) is 11.1 Å². The Kier molecular flexibility index (Phi) is 2.73. The van der Waals surface area contributed by atoms with E-state index < -0.39 is 39.8 Å². The van der Waals surface area contributed by atoms with Gasteiger partial charge in [0.15, 0.2) is 0 Å². The van der Waals surface area contributed by atoms with E-state index in [4.69, 9.17) is 15.0 Å². The number of urea groups is 1. The second kappa shape index (κ2) is 4.04. The van der Waals surface area contributed by atoms with Crippen molar-refractivity contribution < 1.29 is 31.6 Å². The molecule has 0 radical (unpaired) electrons.